The van der Waals surface area contributed by atoms with E-state index in [4.69, 9.17) is 9.47 Å². The highest BCUT2D eigenvalue weighted by Crippen LogP contribution is 2.49. The minimum absolute atomic E-state index is 0.445. The first-order valence-electron chi connectivity index (χ1n) is 8.08. The summed E-state index contributed by atoms with van der Waals surface area (Å²) in [5.74, 6) is 2.48. The molecule has 21 heavy (non-hydrogen) atoms. The molecule has 0 amide bonds. The monoisotopic (exact) mass is 305 g/mol. The third-order valence-electron chi connectivity index (χ3n) is 4.79. The Bertz CT molecular complexity index is 544. The molecule has 0 aromatic heterocycles. The van der Waals surface area contributed by atoms with Crippen LogP contribution < -0.4 is 14.8 Å². The van der Waals surface area contributed by atoms with Crippen molar-refractivity contribution in [1.29, 1.82) is 0 Å². The maximum Gasteiger partial charge on any atom is 0.162 e. The van der Waals surface area contributed by atoms with Crippen LogP contribution in [0.2, 0.25) is 0 Å². The third kappa shape index (κ3) is 2.64. The fourth-order valence-electron chi connectivity index (χ4n) is 3.16. The van der Waals surface area contributed by atoms with Gasteiger partial charge in [-0.25, -0.2) is 0 Å². The second-order valence-corrected chi connectivity index (χ2v) is 7.91. The average molecular weight is 305 g/mol. The molecular weight excluding hydrogens is 282 g/mol. The SMILES string of the molecule is CC1Sc2cc3c(cc2C(NC2CC2)C1C)OCCCO3. The predicted octanol–water partition coefficient (Wildman–Crippen LogP) is 3.77. The van der Waals surface area contributed by atoms with E-state index in [-0.39, 0.29) is 0 Å². The van der Waals surface area contributed by atoms with Crippen molar-refractivity contribution in [3.8, 4) is 11.5 Å². The van der Waals surface area contributed by atoms with E-state index >= 15 is 0 Å². The molecule has 3 nitrogen and oxygen atoms in total. The number of hydrogen-bond acceptors (Lipinski definition) is 4. The highest BCUT2D eigenvalue weighted by molar-refractivity contribution is 8.00. The lowest BCUT2D eigenvalue weighted by Crippen LogP contribution is -2.35. The number of fused-ring (bicyclic) bond motifs is 2. The van der Waals surface area contributed by atoms with Crippen LogP contribution in [0.4, 0.5) is 0 Å². The molecule has 1 aromatic rings. The first-order chi connectivity index (χ1) is 10.2. The van der Waals surface area contributed by atoms with Crippen LogP contribution in [0.5, 0.6) is 11.5 Å². The van der Waals surface area contributed by atoms with Crippen LogP contribution in [0.3, 0.4) is 0 Å². The van der Waals surface area contributed by atoms with Crippen LogP contribution in [0, 0.1) is 5.92 Å². The normalized spacial score (nSPS) is 31.4. The number of nitrogens with one attached hydrogen (secondary N) is 1. The van der Waals surface area contributed by atoms with E-state index < -0.39 is 0 Å². The molecule has 0 spiro atoms. The average Bonchev–Trinajstić information content (AvgIpc) is 3.29. The van der Waals surface area contributed by atoms with E-state index in [2.05, 4.69) is 31.3 Å². The first-order valence-corrected chi connectivity index (χ1v) is 8.96. The molecule has 2 aliphatic heterocycles. The number of benzene rings is 1. The van der Waals surface area contributed by atoms with Crippen LogP contribution >= 0.6 is 11.8 Å². The van der Waals surface area contributed by atoms with Crippen molar-refractivity contribution in [2.75, 3.05) is 13.2 Å². The van der Waals surface area contributed by atoms with Gasteiger partial charge in [0.1, 0.15) is 0 Å². The summed E-state index contributed by atoms with van der Waals surface area (Å²) in [6.45, 7) is 6.21. The standard InChI is InChI=1S/C17H23NO2S/c1-10-11(2)21-16-9-15-14(19-6-3-7-20-15)8-13(16)17(10)18-12-4-5-12/h8-12,17-18H,3-7H2,1-2H3. The molecular formula is C17H23NO2S. The number of ether oxygens (including phenoxy) is 2. The molecule has 1 N–H and O–H groups in total. The minimum atomic E-state index is 0.445. The summed E-state index contributed by atoms with van der Waals surface area (Å²) in [5, 5.41) is 4.47. The van der Waals surface area contributed by atoms with Gasteiger partial charge in [-0.3, -0.25) is 0 Å². The van der Waals surface area contributed by atoms with Gasteiger partial charge in [0.25, 0.3) is 0 Å². The second-order valence-electron chi connectivity index (χ2n) is 6.49. The molecule has 4 rings (SSSR count). The van der Waals surface area contributed by atoms with Gasteiger partial charge in [0.05, 0.1) is 13.2 Å². The quantitative estimate of drug-likeness (QED) is 0.901. The molecule has 1 aromatic carbocycles. The summed E-state index contributed by atoms with van der Waals surface area (Å²) in [6.07, 6.45) is 3.61. The number of hydrogen-bond donors (Lipinski definition) is 1. The Labute approximate surface area is 130 Å². The molecule has 3 unspecified atom stereocenters. The summed E-state index contributed by atoms with van der Waals surface area (Å²) >= 11 is 1.98. The molecule has 0 radical (unpaired) electrons. The summed E-state index contributed by atoms with van der Waals surface area (Å²) < 4.78 is 11.7. The molecule has 1 saturated carbocycles. The molecule has 1 fully saturated rings. The molecule has 114 valence electrons. The van der Waals surface area contributed by atoms with E-state index in [1.54, 1.807) is 0 Å². The van der Waals surface area contributed by atoms with E-state index in [1.165, 1.54) is 23.3 Å². The lowest BCUT2D eigenvalue weighted by atomic mass is 9.91. The third-order valence-corrected chi connectivity index (χ3v) is 6.20. The van der Waals surface area contributed by atoms with Gasteiger partial charge in [-0.2, -0.15) is 0 Å². The van der Waals surface area contributed by atoms with Crippen LogP contribution in [-0.4, -0.2) is 24.5 Å². The number of thioether (sulfide) groups is 1. The molecule has 1 aliphatic carbocycles. The molecule has 2 heterocycles. The molecule has 4 heteroatoms. The number of rotatable bonds is 2. The summed E-state index contributed by atoms with van der Waals surface area (Å²) in [7, 11) is 0. The molecule has 0 saturated heterocycles. The summed E-state index contributed by atoms with van der Waals surface area (Å²) in [6, 6.07) is 5.59. The highest BCUT2D eigenvalue weighted by Gasteiger charge is 2.36. The van der Waals surface area contributed by atoms with Crippen molar-refractivity contribution in [3.63, 3.8) is 0 Å². The Morgan fingerprint density at radius 1 is 1.10 bits per heavy atom. The largest absolute Gasteiger partial charge is 0.490 e. The Balaban J connectivity index is 1.73. The fraction of sp³-hybridized carbons (Fsp3) is 0.647. The lowest BCUT2D eigenvalue weighted by molar-refractivity contribution is 0.296. The van der Waals surface area contributed by atoms with Crippen LogP contribution in [0.25, 0.3) is 0 Å². The zero-order valence-corrected chi connectivity index (χ0v) is 13.5. The van der Waals surface area contributed by atoms with Gasteiger partial charge < -0.3 is 14.8 Å². The topological polar surface area (TPSA) is 30.5 Å². The second kappa shape index (κ2) is 5.40. The van der Waals surface area contributed by atoms with Crippen LogP contribution in [0.1, 0.15) is 44.7 Å². The maximum absolute atomic E-state index is 5.88. The molecule has 0 bridgehead atoms. The van der Waals surface area contributed by atoms with Gasteiger partial charge in [-0.15, -0.1) is 11.8 Å². The molecule has 3 atom stereocenters. The van der Waals surface area contributed by atoms with E-state index in [0.29, 0.717) is 17.2 Å². The van der Waals surface area contributed by atoms with E-state index in [1.807, 2.05) is 11.8 Å². The smallest absolute Gasteiger partial charge is 0.162 e. The van der Waals surface area contributed by atoms with Crippen LogP contribution in [0.15, 0.2) is 17.0 Å². The Hall–Kier alpha value is -0.870. The van der Waals surface area contributed by atoms with Crippen molar-refractivity contribution in [2.24, 2.45) is 5.92 Å². The minimum Gasteiger partial charge on any atom is -0.490 e. The summed E-state index contributed by atoms with van der Waals surface area (Å²) in [5.41, 5.74) is 1.40. The van der Waals surface area contributed by atoms with Gasteiger partial charge >= 0.3 is 0 Å². The zero-order valence-electron chi connectivity index (χ0n) is 12.7. The van der Waals surface area contributed by atoms with E-state index in [0.717, 1.165) is 37.2 Å². The fourth-order valence-corrected chi connectivity index (χ4v) is 4.43. The van der Waals surface area contributed by atoms with E-state index in [9.17, 15) is 0 Å². The lowest BCUT2D eigenvalue weighted by Gasteiger charge is -2.36. The van der Waals surface area contributed by atoms with Gasteiger partial charge in [-0.05, 0) is 36.5 Å². The Morgan fingerprint density at radius 3 is 2.52 bits per heavy atom. The first kappa shape index (κ1) is 13.8. The van der Waals surface area contributed by atoms with Crippen molar-refractivity contribution in [3.05, 3.63) is 17.7 Å². The van der Waals surface area contributed by atoms with Crippen molar-refractivity contribution < 1.29 is 9.47 Å². The van der Waals surface area contributed by atoms with Crippen molar-refractivity contribution >= 4 is 11.8 Å². The Kier molecular flexibility index (Phi) is 3.54. The predicted molar refractivity (Wildman–Crippen MR) is 85.4 cm³/mol. The van der Waals surface area contributed by atoms with Gasteiger partial charge in [-0.1, -0.05) is 13.8 Å². The van der Waals surface area contributed by atoms with Crippen molar-refractivity contribution in [2.45, 2.75) is 55.3 Å². The maximum atomic E-state index is 5.88. The van der Waals surface area contributed by atoms with Gasteiger partial charge in [0.15, 0.2) is 11.5 Å². The van der Waals surface area contributed by atoms with Crippen LogP contribution in [-0.2, 0) is 0 Å². The summed E-state index contributed by atoms with van der Waals surface area (Å²) in [4.78, 5) is 1.36. The highest BCUT2D eigenvalue weighted by atomic mass is 32.2. The zero-order chi connectivity index (χ0) is 14.4. The molecule has 3 aliphatic rings. The Morgan fingerprint density at radius 2 is 1.81 bits per heavy atom. The van der Waals surface area contributed by atoms with Crippen molar-refractivity contribution in [1.82, 2.24) is 5.32 Å². The van der Waals surface area contributed by atoms with Gasteiger partial charge in [0, 0.05) is 28.6 Å². The van der Waals surface area contributed by atoms with Gasteiger partial charge in [0.2, 0.25) is 0 Å².